The highest BCUT2D eigenvalue weighted by Gasteiger charge is 2.34. The van der Waals surface area contributed by atoms with Gasteiger partial charge in [-0.3, -0.25) is 39.9 Å². The number of hydrogen-bond acceptors (Lipinski definition) is 10. The Morgan fingerprint density at radius 2 is 1.47 bits per heavy atom. The number of carbonyl (C=O) groups is 2. The molecule has 0 saturated carbocycles. The zero-order valence-corrected chi connectivity index (χ0v) is 18.0. The number of nitrogens with zero attached hydrogens (tertiary/aromatic N) is 4. The van der Waals surface area contributed by atoms with Crippen LogP contribution < -0.4 is 5.73 Å². The van der Waals surface area contributed by atoms with Crippen molar-refractivity contribution in [1.82, 2.24) is 0 Å². The van der Waals surface area contributed by atoms with Crippen molar-refractivity contribution in [3.63, 3.8) is 0 Å². The second-order valence-corrected chi connectivity index (χ2v) is 7.76. The molecule has 4 N–H and O–H groups in total. The smallest absolute Gasteiger partial charge is 0.324 e. The summed E-state index contributed by atoms with van der Waals surface area (Å²) >= 11 is 0. The van der Waals surface area contributed by atoms with Crippen LogP contribution in [0.25, 0.3) is 0 Å². The predicted molar refractivity (Wildman–Crippen MR) is 110 cm³/mol. The minimum Gasteiger partial charge on any atom is -0.497 e. The third-order valence-electron chi connectivity index (χ3n) is 4.03. The molecule has 0 aliphatic carbocycles. The molecule has 1 rings (SSSR count). The Morgan fingerprint density at radius 3 is 1.75 bits per heavy atom. The van der Waals surface area contributed by atoms with Crippen LogP contribution in [-0.2, 0) is 9.59 Å². The van der Waals surface area contributed by atoms with Gasteiger partial charge in [-0.05, 0) is 6.42 Å². The van der Waals surface area contributed by atoms with Crippen LogP contribution in [0.3, 0.4) is 0 Å². The lowest BCUT2D eigenvalue weighted by atomic mass is 9.92. The highest BCUT2D eigenvalue weighted by molar-refractivity contribution is 5.88. The van der Waals surface area contributed by atoms with Gasteiger partial charge in [0.25, 0.3) is 11.4 Å². The molecule has 0 bridgehead atoms. The number of phenols is 1. The van der Waals surface area contributed by atoms with Crippen molar-refractivity contribution in [3.05, 3.63) is 42.5 Å². The van der Waals surface area contributed by atoms with E-state index in [9.17, 15) is 39.9 Å². The van der Waals surface area contributed by atoms with Gasteiger partial charge in [0.1, 0.15) is 11.8 Å². The van der Waals surface area contributed by atoms with Gasteiger partial charge in [0, 0.05) is 6.42 Å². The molecule has 0 spiro atoms. The predicted octanol–water partition coefficient (Wildman–Crippen LogP) is 1.21. The van der Waals surface area contributed by atoms with Crippen molar-refractivity contribution in [2.45, 2.75) is 25.8 Å². The van der Waals surface area contributed by atoms with Crippen LogP contribution >= 0.6 is 0 Å². The summed E-state index contributed by atoms with van der Waals surface area (Å²) in [6.07, 6.45) is 1.12. The lowest BCUT2D eigenvalue weighted by Gasteiger charge is -2.30. The van der Waals surface area contributed by atoms with Crippen molar-refractivity contribution in [2.24, 2.45) is 11.7 Å². The minimum atomic E-state index is -1.21. The van der Waals surface area contributed by atoms with Crippen LogP contribution in [0.4, 0.5) is 17.1 Å². The van der Waals surface area contributed by atoms with Gasteiger partial charge in [-0.25, -0.2) is 0 Å². The van der Waals surface area contributed by atoms with Gasteiger partial charge in [-0.2, -0.15) is 0 Å². The van der Waals surface area contributed by atoms with Gasteiger partial charge in [0.05, 0.1) is 60.5 Å². The maximum atomic E-state index is 11.8. The number of Topliss-reactive ketones (excluding diaryl/α,β-unsaturated/α-hetero) is 1. The number of nitro groups is 3. The van der Waals surface area contributed by atoms with Crippen LogP contribution in [0.15, 0.2) is 12.1 Å². The number of hydrogen-bond donors (Lipinski definition) is 3. The highest BCUT2D eigenvalue weighted by Crippen LogP contribution is 2.38. The molecule has 0 heterocycles. The molecule has 1 aromatic carbocycles. The first kappa shape index (κ1) is 28.3. The van der Waals surface area contributed by atoms with Crippen LogP contribution in [0.1, 0.15) is 19.8 Å². The summed E-state index contributed by atoms with van der Waals surface area (Å²) in [5, 5.41) is 49.1. The summed E-state index contributed by atoms with van der Waals surface area (Å²) in [5.41, 5.74) is 2.57. The standard InChI is InChI=1S/C11H22N2O3.C6H3N3O7/c1-5-6-9(14)8(7-13(2,3)4)10(12)11(15)16;10-6-4(8(13)14)1-3(7(11)12)2-5(6)9(15)16/h8,10H,5-7,12H2,1-4H3;1-2,10H/p+1. The third-order valence-corrected chi connectivity index (χ3v) is 4.03. The van der Waals surface area contributed by atoms with E-state index in [4.69, 9.17) is 15.9 Å². The zero-order chi connectivity index (χ0) is 25.4. The number of nitrogens with two attached hydrogens (primary N) is 1. The van der Waals surface area contributed by atoms with Crippen LogP contribution in [0.2, 0.25) is 0 Å². The molecule has 15 heteroatoms. The molecular weight excluding hydrogens is 434 g/mol. The van der Waals surface area contributed by atoms with E-state index in [1.54, 1.807) is 0 Å². The number of phenolic OH excluding ortho intramolecular Hbond substituents is 1. The first-order valence-corrected chi connectivity index (χ1v) is 9.15. The second-order valence-electron chi connectivity index (χ2n) is 7.76. The topological polar surface area (TPSA) is 230 Å². The Kier molecular flexibility index (Phi) is 10.3. The van der Waals surface area contributed by atoms with E-state index in [0.29, 0.717) is 29.6 Å². The van der Waals surface area contributed by atoms with E-state index < -0.39 is 55.5 Å². The number of aliphatic carboxylic acids is 1. The molecule has 32 heavy (non-hydrogen) atoms. The Morgan fingerprint density at radius 1 is 1.03 bits per heavy atom. The molecule has 2 atom stereocenters. The fourth-order valence-corrected chi connectivity index (χ4v) is 2.58. The second kappa shape index (κ2) is 11.6. The first-order valence-electron chi connectivity index (χ1n) is 9.15. The van der Waals surface area contributed by atoms with Gasteiger partial charge in [0.15, 0.2) is 0 Å². The zero-order valence-electron chi connectivity index (χ0n) is 18.0. The van der Waals surface area contributed by atoms with Gasteiger partial charge in [-0.1, -0.05) is 6.92 Å². The van der Waals surface area contributed by atoms with Crippen LogP contribution in [0.5, 0.6) is 5.75 Å². The van der Waals surface area contributed by atoms with Gasteiger partial charge >= 0.3 is 17.3 Å². The number of ketones is 1. The largest absolute Gasteiger partial charge is 0.497 e. The molecule has 0 aliphatic rings. The third kappa shape index (κ3) is 8.57. The number of benzene rings is 1. The van der Waals surface area contributed by atoms with Crippen LogP contribution in [-0.4, -0.2) is 74.9 Å². The maximum Gasteiger partial charge on any atom is 0.324 e. The van der Waals surface area contributed by atoms with Gasteiger partial charge < -0.3 is 20.4 Å². The Labute approximate surface area is 182 Å². The van der Waals surface area contributed by atoms with Crippen molar-refractivity contribution in [3.8, 4) is 5.75 Å². The average molecular weight is 460 g/mol. The average Bonchev–Trinajstić information content (AvgIpc) is 2.64. The Hall–Kier alpha value is -3.72. The Balaban J connectivity index is 0.000000601. The van der Waals surface area contributed by atoms with Gasteiger partial charge in [0.2, 0.25) is 0 Å². The number of non-ortho nitro benzene ring substituents is 1. The van der Waals surface area contributed by atoms with E-state index in [2.05, 4.69) is 0 Å². The number of nitro benzene ring substituents is 3. The van der Waals surface area contributed by atoms with E-state index in [-0.39, 0.29) is 5.78 Å². The fraction of sp³-hybridized carbons (Fsp3) is 0.529. The van der Waals surface area contributed by atoms with E-state index >= 15 is 0 Å². The molecule has 2 unspecified atom stereocenters. The van der Waals surface area contributed by atoms with Crippen molar-refractivity contribution < 1.29 is 39.1 Å². The lowest BCUT2D eigenvalue weighted by Crippen LogP contribution is -2.51. The number of quaternary nitrogens is 1. The number of rotatable bonds is 10. The number of carboxylic acid groups (broad SMARTS) is 1. The highest BCUT2D eigenvalue weighted by atomic mass is 16.6. The molecule has 0 aliphatic heterocycles. The summed E-state index contributed by atoms with van der Waals surface area (Å²) in [5.74, 6) is -2.97. The summed E-state index contributed by atoms with van der Waals surface area (Å²) in [4.78, 5) is 50.4. The molecule has 1 aromatic rings. The summed E-state index contributed by atoms with van der Waals surface area (Å²) < 4.78 is 0.529. The van der Waals surface area contributed by atoms with E-state index in [1.807, 2.05) is 28.1 Å². The van der Waals surface area contributed by atoms with Crippen molar-refractivity contribution in [2.75, 3.05) is 27.7 Å². The molecule has 0 fully saturated rings. The number of carboxylic acids is 1. The molecule has 0 radical (unpaired) electrons. The van der Waals surface area contributed by atoms with Crippen LogP contribution in [0, 0.1) is 36.3 Å². The first-order chi connectivity index (χ1) is 14.5. The molecule has 0 aromatic heterocycles. The SMILES string of the molecule is CCCC(=O)C(C[N+](C)(C)C)C(N)C(=O)O.O=[N+]([O-])c1cc([N+](=O)[O-])c(O)c([N+](=O)[O-])c1. The molecule has 0 saturated heterocycles. The summed E-state index contributed by atoms with van der Waals surface area (Å²) in [6, 6.07) is -0.207. The van der Waals surface area contributed by atoms with E-state index in [1.165, 1.54) is 0 Å². The van der Waals surface area contributed by atoms with Crippen molar-refractivity contribution >= 4 is 28.8 Å². The molecule has 15 nitrogen and oxygen atoms in total. The Bertz CT molecular complexity index is 861. The number of carbonyl (C=O) groups excluding carboxylic acids is 1. The minimum absolute atomic E-state index is 0.0505. The normalized spacial score (nSPS) is 12.7. The maximum absolute atomic E-state index is 11.8. The quantitative estimate of drug-likeness (QED) is 0.255. The molecule has 0 amide bonds. The summed E-state index contributed by atoms with van der Waals surface area (Å²) in [7, 11) is 5.75. The molecular formula is C17H26N5O10+. The van der Waals surface area contributed by atoms with Crippen molar-refractivity contribution in [1.29, 1.82) is 0 Å². The number of aromatic hydroxyl groups is 1. The fourth-order valence-electron chi connectivity index (χ4n) is 2.58. The monoisotopic (exact) mass is 460 g/mol. The molecule has 178 valence electrons. The van der Waals surface area contributed by atoms with E-state index in [0.717, 1.165) is 6.42 Å². The lowest BCUT2D eigenvalue weighted by molar-refractivity contribution is -0.872. The summed E-state index contributed by atoms with van der Waals surface area (Å²) in [6.45, 7) is 2.35. The van der Waals surface area contributed by atoms with Gasteiger partial charge in [-0.15, -0.1) is 0 Å².